The molecule has 0 aromatic carbocycles. The third kappa shape index (κ3) is 4.37. The minimum Gasteiger partial charge on any atom is -0.373 e. The van der Waals surface area contributed by atoms with E-state index in [2.05, 4.69) is 0 Å². The van der Waals surface area contributed by atoms with Crippen LogP contribution in [0.5, 0.6) is 0 Å². The summed E-state index contributed by atoms with van der Waals surface area (Å²) in [7, 11) is -4.31. The van der Waals surface area contributed by atoms with Crippen molar-refractivity contribution in [1.29, 1.82) is 0 Å². The fourth-order valence-corrected chi connectivity index (χ4v) is 2.52. The van der Waals surface area contributed by atoms with Gasteiger partial charge in [-0.2, -0.15) is 8.42 Å². The van der Waals surface area contributed by atoms with E-state index >= 15 is 0 Å². The minimum atomic E-state index is -4.31. The average Bonchev–Trinajstić information content (AvgIpc) is 1.75. The summed E-state index contributed by atoms with van der Waals surface area (Å²) in [5.74, 6) is -0.408. The lowest BCUT2D eigenvalue weighted by molar-refractivity contribution is -0.108. The van der Waals surface area contributed by atoms with Crippen molar-refractivity contribution in [1.82, 2.24) is 0 Å². The normalized spacial score (nSPS) is 28.6. The molecule has 0 unspecified atom stereocenters. The van der Waals surface area contributed by atoms with Gasteiger partial charge in [-0.3, -0.25) is 0 Å². The minimum absolute atomic E-state index is 0.0580. The molecule has 0 radical (unpaired) electrons. The van der Waals surface area contributed by atoms with Crippen molar-refractivity contribution in [3.8, 4) is 0 Å². The van der Waals surface area contributed by atoms with E-state index in [9.17, 15) is 12.3 Å². The summed E-state index contributed by atoms with van der Waals surface area (Å²) in [5, 5.41) is 0. The summed E-state index contributed by atoms with van der Waals surface area (Å²) >= 11 is 0. The average molecular weight is 224 g/mol. The lowest BCUT2D eigenvalue weighted by Gasteiger charge is -2.38. The zero-order valence-electron chi connectivity index (χ0n) is 8.79. The molecule has 3 nitrogen and oxygen atoms in total. The Morgan fingerprint density at radius 1 is 1.36 bits per heavy atom. The Kier molecular flexibility index (Phi) is 3.21. The summed E-state index contributed by atoms with van der Waals surface area (Å²) in [4.78, 5) is 0. The highest BCUT2D eigenvalue weighted by Gasteiger charge is 2.35. The second-order valence-electron chi connectivity index (χ2n) is 4.90. The van der Waals surface area contributed by atoms with Crippen LogP contribution in [-0.4, -0.2) is 25.9 Å². The molecule has 0 bridgehead atoms. The number of halogens is 1. The zero-order valence-corrected chi connectivity index (χ0v) is 9.60. The topological polar surface area (TPSA) is 43.4 Å². The van der Waals surface area contributed by atoms with E-state index in [0.29, 0.717) is 12.8 Å². The molecule has 1 rings (SSSR count). The smallest absolute Gasteiger partial charge is 0.302 e. The van der Waals surface area contributed by atoms with Crippen molar-refractivity contribution in [2.24, 2.45) is 5.92 Å². The van der Waals surface area contributed by atoms with Crippen molar-refractivity contribution in [3.63, 3.8) is 0 Å². The molecule has 14 heavy (non-hydrogen) atoms. The molecule has 1 saturated carbocycles. The first-order valence-electron chi connectivity index (χ1n) is 4.76. The fourth-order valence-electron chi connectivity index (χ4n) is 1.69. The summed E-state index contributed by atoms with van der Waals surface area (Å²) in [6.07, 6.45) is 1.41. The van der Waals surface area contributed by atoms with Crippen molar-refractivity contribution in [2.45, 2.75) is 45.3 Å². The highest BCUT2D eigenvalue weighted by Crippen LogP contribution is 2.34. The molecule has 1 aliphatic carbocycles. The molecule has 0 N–H and O–H groups in total. The molecule has 0 heterocycles. The lowest BCUT2D eigenvalue weighted by Crippen LogP contribution is -2.39. The van der Waals surface area contributed by atoms with Gasteiger partial charge in [0.2, 0.25) is 0 Å². The Bertz CT molecular complexity index is 286. The maximum Gasteiger partial charge on any atom is 0.302 e. The van der Waals surface area contributed by atoms with Crippen molar-refractivity contribution >= 4 is 10.2 Å². The largest absolute Gasteiger partial charge is 0.373 e. The molecule has 1 aliphatic rings. The molecule has 0 spiro atoms. The molecule has 0 aromatic heterocycles. The first kappa shape index (κ1) is 11.9. The van der Waals surface area contributed by atoms with Crippen LogP contribution in [0.2, 0.25) is 0 Å². The van der Waals surface area contributed by atoms with Gasteiger partial charge < -0.3 is 4.74 Å². The predicted octanol–water partition coefficient (Wildman–Crippen LogP) is 1.88. The molecule has 5 heteroatoms. The summed E-state index contributed by atoms with van der Waals surface area (Å²) in [6.45, 7) is 5.85. The van der Waals surface area contributed by atoms with Crippen LogP contribution in [0.15, 0.2) is 0 Å². The summed E-state index contributed by atoms with van der Waals surface area (Å²) in [6, 6.07) is 0. The maximum absolute atomic E-state index is 12.3. The Balaban J connectivity index is 2.25. The van der Waals surface area contributed by atoms with Gasteiger partial charge in [-0.05, 0) is 39.5 Å². The van der Waals surface area contributed by atoms with Crippen LogP contribution in [0.25, 0.3) is 0 Å². The van der Waals surface area contributed by atoms with Crippen molar-refractivity contribution < 1.29 is 17.0 Å². The molecule has 0 aliphatic heterocycles. The molecule has 0 saturated heterocycles. The van der Waals surface area contributed by atoms with Gasteiger partial charge in [0.15, 0.2) is 0 Å². The van der Waals surface area contributed by atoms with Crippen LogP contribution in [0.1, 0.15) is 33.6 Å². The molecule has 1 fully saturated rings. The number of rotatable bonds is 3. The van der Waals surface area contributed by atoms with Crippen LogP contribution < -0.4 is 0 Å². The van der Waals surface area contributed by atoms with Gasteiger partial charge in [-0.15, -0.1) is 3.89 Å². The van der Waals surface area contributed by atoms with Crippen LogP contribution in [0, 0.1) is 5.92 Å². The highest BCUT2D eigenvalue weighted by molar-refractivity contribution is 7.86. The van der Waals surface area contributed by atoms with E-state index < -0.39 is 10.2 Å². The van der Waals surface area contributed by atoms with E-state index in [1.165, 1.54) is 0 Å². The summed E-state index contributed by atoms with van der Waals surface area (Å²) in [5.41, 5.74) is -0.204. The van der Waals surface area contributed by atoms with Crippen molar-refractivity contribution in [2.75, 3.05) is 5.75 Å². The predicted molar refractivity (Wildman–Crippen MR) is 52.2 cm³/mol. The second kappa shape index (κ2) is 3.77. The molecule has 0 amide bonds. The quantitative estimate of drug-likeness (QED) is 0.687. The van der Waals surface area contributed by atoms with Crippen LogP contribution in [0.3, 0.4) is 0 Å². The van der Waals surface area contributed by atoms with E-state index in [1.807, 2.05) is 20.8 Å². The van der Waals surface area contributed by atoms with Gasteiger partial charge in [0, 0.05) is 0 Å². The number of hydrogen-bond acceptors (Lipinski definition) is 3. The third-order valence-corrected chi connectivity index (χ3v) is 3.02. The lowest BCUT2D eigenvalue weighted by atomic mass is 9.83. The van der Waals surface area contributed by atoms with E-state index in [4.69, 9.17) is 4.74 Å². The summed E-state index contributed by atoms with van der Waals surface area (Å²) < 4.78 is 38.5. The van der Waals surface area contributed by atoms with Gasteiger partial charge in [0.1, 0.15) is 0 Å². The molecule has 84 valence electrons. The monoisotopic (exact) mass is 224 g/mol. The van der Waals surface area contributed by atoms with E-state index in [1.54, 1.807) is 0 Å². The second-order valence-corrected chi connectivity index (χ2v) is 6.31. The van der Waals surface area contributed by atoms with Gasteiger partial charge in [-0.25, -0.2) is 0 Å². The molecular formula is C9H17FO3S. The zero-order chi connectivity index (χ0) is 11.0. The Morgan fingerprint density at radius 2 is 1.86 bits per heavy atom. The standard InChI is InChI=1S/C9H17FO3S/c1-9(2,3)13-8-4-7(5-8)6-14(10,11)12/h7-8H,4-6H2,1-3H3. The van der Waals surface area contributed by atoms with E-state index in [-0.39, 0.29) is 23.4 Å². The SMILES string of the molecule is CC(C)(C)OC1CC(CS(=O)(=O)F)C1. The van der Waals surface area contributed by atoms with Gasteiger partial charge in [0.05, 0.1) is 17.5 Å². The van der Waals surface area contributed by atoms with Crippen LogP contribution in [0.4, 0.5) is 3.89 Å². The third-order valence-electron chi connectivity index (χ3n) is 2.15. The molecular weight excluding hydrogens is 207 g/mol. The van der Waals surface area contributed by atoms with Gasteiger partial charge in [-0.1, -0.05) is 0 Å². The number of hydrogen-bond donors (Lipinski definition) is 0. The number of ether oxygens (including phenoxy) is 1. The molecule has 0 atom stereocenters. The Labute approximate surface area is 84.9 Å². The first-order valence-corrected chi connectivity index (χ1v) is 6.31. The van der Waals surface area contributed by atoms with Gasteiger partial charge >= 0.3 is 10.2 Å². The highest BCUT2D eigenvalue weighted by atomic mass is 32.3. The fraction of sp³-hybridized carbons (Fsp3) is 1.00. The molecule has 0 aromatic rings. The van der Waals surface area contributed by atoms with Gasteiger partial charge in [0.25, 0.3) is 0 Å². The Morgan fingerprint density at radius 3 is 2.21 bits per heavy atom. The van der Waals surface area contributed by atoms with Crippen molar-refractivity contribution in [3.05, 3.63) is 0 Å². The maximum atomic E-state index is 12.3. The van der Waals surface area contributed by atoms with Crippen LogP contribution >= 0.6 is 0 Å². The Hall–Kier alpha value is -0.160. The van der Waals surface area contributed by atoms with Crippen LogP contribution in [-0.2, 0) is 15.0 Å². The first-order chi connectivity index (χ1) is 6.16. The van der Waals surface area contributed by atoms with E-state index in [0.717, 1.165) is 0 Å².